The van der Waals surface area contributed by atoms with Crippen LogP contribution in [-0.2, 0) is 14.3 Å². The number of carboxylic acid groups (broad SMARTS) is 1. The minimum Gasteiger partial charge on any atom is -0.478 e. The van der Waals surface area contributed by atoms with Gasteiger partial charge in [-0.1, -0.05) is 0 Å². The second kappa shape index (κ2) is 5.43. The molecule has 0 saturated carbocycles. The number of carbonyl (C=O) groups excluding carboxylic acids is 1. The molecule has 0 saturated heterocycles. The topological polar surface area (TPSA) is 83.8 Å². The first kappa shape index (κ1) is 9.64. The molecule has 11 heavy (non-hydrogen) atoms. The minimum absolute atomic E-state index is 0.122. The average Bonchev–Trinajstić information content (AvgIpc) is 1.97. The first-order valence-corrected chi connectivity index (χ1v) is 2.85. The van der Waals surface area contributed by atoms with Gasteiger partial charge in [0.15, 0.2) is 0 Å². The molecule has 0 aliphatic carbocycles. The molecule has 0 aromatic rings. The van der Waals surface area contributed by atoms with Crippen molar-refractivity contribution in [3.05, 3.63) is 12.2 Å². The van der Waals surface area contributed by atoms with E-state index in [0.717, 1.165) is 6.08 Å². The summed E-state index contributed by atoms with van der Waals surface area (Å²) >= 11 is 0. The second-order valence-corrected chi connectivity index (χ2v) is 1.56. The Balaban J connectivity index is 3.60. The van der Waals surface area contributed by atoms with E-state index in [0.29, 0.717) is 6.08 Å². The van der Waals surface area contributed by atoms with Gasteiger partial charge in [0.05, 0.1) is 6.61 Å². The van der Waals surface area contributed by atoms with Crippen LogP contribution in [0.25, 0.3) is 0 Å². The number of ether oxygens (including phenoxy) is 1. The van der Waals surface area contributed by atoms with E-state index < -0.39 is 11.9 Å². The Hall–Kier alpha value is -1.36. The van der Waals surface area contributed by atoms with Crippen LogP contribution in [0.3, 0.4) is 0 Å². The van der Waals surface area contributed by atoms with Gasteiger partial charge < -0.3 is 14.9 Å². The van der Waals surface area contributed by atoms with Crippen molar-refractivity contribution >= 4 is 11.9 Å². The Bertz CT molecular complexity index is 172. The van der Waals surface area contributed by atoms with Crippen molar-refractivity contribution in [3.8, 4) is 0 Å². The number of hydrogen-bond donors (Lipinski definition) is 2. The van der Waals surface area contributed by atoms with Crippen molar-refractivity contribution in [2.24, 2.45) is 0 Å². The molecule has 62 valence electrons. The molecule has 0 aromatic carbocycles. The molecule has 0 unspecified atom stereocenters. The lowest BCUT2D eigenvalue weighted by Crippen LogP contribution is -2.05. The number of aliphatic hydroxyl groups is 1. The fourth-order valence-corrected chi connectivity index (χ4v) is 0.334. The molecule has 0 heterocycles. The lowest BCUT2D eigenvalue weighted by Gasteiger charge is -1.95. The van der Waals surface area contributed by atoms with E-state index in [2.05, 4.69) is 4.74 Å². The van der Waals surface area contributed by atoms with Crippen molar-refractivity contribution in [2.75, 3.05) is 13.2 Å². The summed E-state index contributed by atoms with van der Waals surface area (Å²) in [5.74, 6) is -1.99. The van der Waals surface area contributed by atoms with Crippen LogP contribution in [-0.4, -0.2) is 35.4 Å². The maximum atomic E-state index is 10.4. The third-order valence-electron chi connectivity index (χ3n) is 0.698. The van der Waals surface area contributed by atoms with Gasteiger partial charge in [0.1, 0.15) is 6.61 Å². The summed E-state index contributed by atoms with van der Waals surface area (Å²) in [4.78, 5) is 20.3. The molecular weight excluding hydrogens is 152 g/mol. The molecule has 0 aromatic heterocycles. The van der Waals surface area contributed by atoms with Crippen LogP contribution in [0.4, 0.5) is 0 Å². The van der Waals surface area contributed by atoms with Gasteiger partial charge >= 0.3 is 11.9 Å². The van der Waals surface area contributed by atoms with E-state index >= 15 is 0 Å². The molecule has 0 aliphatic heterocycles. The van der Waals surface area contributed by atoms with E-state index in [4.69, 9.17) is 10.2 Å². The maximum absolute atomic E-state index is 10.4. The first-order chi connectivity index (χ1) is 5.16. The molecule has 5 heteroatoms. The summed E-state index contributed by atoms with van der Waals surface area (Å²) in [5.41, 5.74) is 0. The van der Waals surface area contributed by atoms with Gasteiger partial charge in [0.25, 0.3) is 0 Å². The van der Waals surface area contributed by atoms with E-state index in [9.17, 15) is 9.59 Å². The van der Waals surface area contributed by atoms with Gasteiger partial charge in [-0.05, 0) is 0 Å². The number of carboxylic acids is 1. The molecule has 0 spiro atoms. The van der Waals surface area contributed by atoms with Crippen LogP contribution in [0.15, 0.2) is 12.2 Å². The van der Waals surface area contributed by atoms with Gasteiger partial charge in [0, 0.05) is 12.2 Å². The molecule has 0 aliphatic rings. The monoisotopic (exact) mass is 160 g/mol. The van der Waals surface area contributed by atoms with Crippen molar-refractivity contribution in [2.45, 2.75) is 0 Å². The number of aliphatic hydroxyl groups excluding tert-OH is 1. The normalized spacial score (nSPS) is 9.91. The highest BCUT2D eigenvalue weighted by Gasteiger charge is 1.95. The van der Waals surface area contributed by atoms with E-state index in [1.54, 1.807) is 0 Å². The lowest BCUT2D eigenvalue weighted by molar-refractivity contribution is -0.139. The Kier molecular flexibility index (Phi) is 4.76. The highest BCUT2D eigenvalue weighted by Crippen LogP contribution is 1.80. The van der Waals surface area contributed by atoms with Gasteiger partial charge in [-0.15, -0.1) is 0 Å². The number of aliphatic carboxylic acids is 1. The van der Waals surface area contributed by atoms with Crippen LogP contribution in [0.2, 0.25) is 0 Å². The Labute approximate surface area is 62.9 Å². The predicted molar refractivity (Wildman–Crippen MR) is 34.8 cm³/mol. The van der Waals surface area contributed by atoms with Gasteiger partial charge in [0.2, 0.25) is 0 Å². The maximum Gasteiger partial charge on any atom is 0.331 e. The van der Waals surface area contributed by atoms with Crippen LogP contribution in [0.1, 0.15) is 0 Å². The minimum atomic E-state index is -1.22. The molecular formula is C6H8O5. The zero-order chi connectivity index (χ0) is 8.69. The molecule has 5 nitrogen and oxygen atoms in total. The molecule has 0 rings (SSSR count). The fraction of sp³-hybridized carbons (Fsp3) is 0.333. The van der Waals surface area contributed by atoms with E-state index in [-0.39, 0.29) is 13.2 Å². The molecule has 2 N–H and O–H groups in total. The third kappa shape index (κ3) is 6.53. The summed E-state index contributed by atoms with van der Waals surface area (Å²) in [6.45, 7) is -0.393. The molecule has 0 atom stereocenters. The zero-order valence-corrected chi connectivity index (χ0v) is 5.69. The average molecular weight is 160 g/mol. The molecule has 0 fully saturated rings. The van der Waals surface area contributed by atoms with Crippen LogP contribution in [0, 0.1) is 0 Å². The van der Waals surface area contributed by atoms with Gasteiger partial charge in [-0.3, -0.25) is 0 Å². The number of hydrogen-bond acceptors (Lipinski definition) is 4. The number of esters is 1. The highest BCUT2D eigenvalue weighted by atomic mass is 16.5. The van der Waals surface area contributed by atoms with Crippen LogP contribution >= 0.6 is 0 Å². The first-order valence-electron chi connectivity index (χ1n) is 2.85. The highest BCUT2D eigenvalue weighted by molar-refractivity contribution is 5.90. The smallest absolute Gasteiger partial charge is 0.331 e. The van der Waals surface area contributed by atoms with Gasteiger partial charge in [-0.25, -0.2) is 9.59 Å². The predicted octanol–water partition coefficient (Wildman–Crippen LogP) is -0.837. The standard InChI is InChI=1S/C6H8O5/c7-3-4-11-6(10)2-1-5(8)9/h1-2,7H,3-4H2,(H,8,9)/b2-1+. The van der Waals surface area contributed by atoms with Crippen LogP contribution in [0.5, 0.6) is 0 Å². The van der Waals surface area contributed by atoms with Crippen LogP contribution < -0.4 is 0 Å². The fourth-order valence-electron chi connectivity index (χ4n) is 0.334. The lowest BCUT2D eigenvalue weighted by atomic mass is 10.5. The van der Waals surface area contributed by atoms with Crippen molar-refractivity contribution < 1.29 is 24.5 Å². The Morgan fingerprint density at radius 1 is 1.36 bits per heavy atom. The van der Waals surface area contributed by atoms with Crippen molar-refractivity contribution in [1.82, 2.24) is 0 Å². The zero-order valence-electron chi connectivity index (χ0n) is 5.69. The third-order valence-corrected chi connectivity index (χ3v) is 0.698. The largest absolute Gasteiger partial charge is 0.478 e. The molecule has 0 bridgehead atoms. The Morgan fingerprint density at radius 2 is 2.00 bits per heavy atom. The summed E-state index contributed by atoms with van der Waals surface area (Å²) in [6.07, 6.45) is 1.44. The van der Waals surface area contributed by atoms with E-state index in [1.807, 2.05) is 0 Å². The van der Waals surface area contributed by atoms with Gasteiger partial charge in [-0.2, -0.15) is 0 Å². The SMILES string of the molecule is O=C(O)/C=C/C(=O)OCCO. The summed E-state index contributed by atoms with van der Waals surface area (Å²) < 4.78 is 4.30. The Morgan fingerprint density at radius 3 is 2.45 bits per heavy atom. The second-order valence-electron chi connectivity index (χ2n) is 1.56. The van der Waals surface area contributed by atoms with Crippen molar-refractivity contribution in [3.63, 3.8) is 0 Å². The molecule has 0 radical (unpaired) electrons. The quantitative estimate of drug-likeness (QED) is 0.414. The molecule has 0 amide bonds. The summed E-state index contributed by atoms with van der Waals surface area (Å²) in [6, 6.07) is 0. The summed E-state index contributed by atoms with van der Waals surface area (Å²) in [5, 5.41) is 16.2. The number of rotatable bonds is 4. The summed E-state index contributed by atoms with van der Waals surface area (Å²) in [7, 11) is 0. The van der Waals surface area contributed by atoms with E-state index in [1.165, 1.54) is 0 Å². The number of carbonyl (C=O) groups is 2. The van der Waals surface area contributed by atoms with Crippen molar-refractivity contribution in [1.29, 1.82) is 0 Å².